The molecule has 2 aromatic carbocycles. The number of aromatic nitrogens is 1. The summed E-state index contributed by atoms with van der Waals surface area (Å²) in [4.78, 5) is 18.8. The lowest BCUT2D eigenvalue weighted by Gasteiger charge is -2.46. The summed E-state index contributed by atoms with van der Waals surface area (Å²) in [5.41, 5.74) is 2.06. The van der Waals surface area contributed by atoms with Gasteiger partial charge in [-0.1, -0.05) is 29.5 Å². The first-order valence-electron chi connectivity index (χ1n) is 10.0. The first-order chi connectivity index (χ1) is 14.4. The number of carbonyl (C=O) groups excluding carboxylic acids is 1. The zero-order chi connectivity index (χ0) is 20.9. The van der Waals surface area contributed by atoms with Gasteiger partial charge in [0.05, 0.1) is 16.3 Å². The highest BCUT2D eigenvalue weighted by Gasteiger charge is 2.44. The van der Waals surface area contributed by atoms with E-state index in [1.54, 1.807) is 11.0 Å². The van der Waals surface area contributed by atoms with E-state index in [9.17, 15) is 14.3 Å². The van der Waals surface area contributed by atoms with E-state index in [-0.39, 0.29) is 11.8 Å². The SMILES string of the molecule is Cc1cccc2c1OC1(CCN(C(=O)Nc3nc4ccc(F)cc4s3)CC1)CC2O. The number of piperidine rings is 1. The highest BCUT2D eigenvalue weighted by atomic mass is 32.1. The minimum atomic E-state index is -0.558. The fourth-order valence-corrected chi connectivity index (χ4v) is 5.22. The predicted molar refractivity (Wildman–Crippen MR) is 114 cm³/mol. The number of likely N-dealkylation sites (tertiary alicyclic amines) is 1. The van der Waals surface area contributed by atoms with E-state index in [0.717, 1.165) is 16.9 Å². The van der Waals surface area contributed by atoms with Crippen molar-refractivity contribution < 1.29 is 19.0 Å². The third-order valence-electron chi connectivity index (χ3n) is 6.01. The molecule has 0 saturated carbocycles. The number of urea groups is 1. The second kappa shape index (κ2) is 7.21. The highest BCUT2D eigenvalue weighted by molar-refractivity contribution is 7.22. The van der Waals surface area contributed by atoms with Crippen molar-refractivity contribution in [3.8, 4) is 5.75 Å². The first-order valence-corrected chi connectivity index (χ1v) is 10.8. The van der Waals surface area contributed by atoms with Crippen molar-refractivity contribution >= 4 is 32.7 Å². The van der Waals surface area contributed by atoms with Gasteiger partial charge >= 0.3 is 6.03 Å². The number of carbonyl (C=O) groups is 1. The zero-order valence-corrected chi connectivity index (χ0v) is 17.3. The van der Waals surface area contributed by atoms with E-state index in [1.807, 2.05) is 25.1 Å². The van der Waals surface area contributed by atoms with Crippen LogP contribution in [-0.2, 0) is 0 Å². The number of aryl methyl sites for hydroxylation is 1. The van der Waals surface area contributed by atoms with Gasteiger partial charge in [-0.3, -0.25) is 5.32 Å². The number of anilines is 1. The summed E-state index contributed by atoms with van der Waals surface area (Å²) in [5.74, 6) is 0.452. The molecule has 5 rings (SSSR count). The molecule has 3 aromatic rings. The molecule has 2 aliphatic heterocycles. The van der Waals surface area contributed by atoms with Crippen LogP contribution in [0.4, 0.5) is 14.3 Å². The van der Waals surface area contributed by atoms with Gasteiger partial charge in [-0.15, -0.1) is 0 Å². The Kier molecular flexibility index (Phi) is 4.63. The number of benzene rings is 2. The monoisotopic (exact) mass is 427 g/mol. The predicted octanol–water partition coefficient (Wildman–Crippen LogP) is 4.63. The fraction of sp³-hybridized carbons (Fsp3) is 0.364. The summed E-state index contributed by atoms with van der Waals surface area (Å²) in [6.07, 6.45) is 1.27. The average Bonchev–Trinajstić information content (AvgIpc) is 3.10. The number of ether oxygens (including phenoxy) is 1. The van der Waals surface area contributed by atoms with Gasteiger partial charge < -0.3 is 14.7 Å². The van der Waals surface area contributed by atoms with Gasteiger partial charge in [0.15, 0.2) is 5.13 Å². The summed E-state index contributed by atoms with van der Waals surface area (Å²) in [5, 5.41) is 13.9. The van der Waals surface area contributed by atoms with Crippen molar-refractivity contribution in [2.75, 3.05) is 18.4 Å². The van der Waals surface area contributed by atoms with Crippen LogP contribution in [0.3, 0.4) is 0 Å². The molecule has 1 fully saturated rings. The van der Waals surface area contributed by atoms with Crippen molar-refractivity contribution in [1.82, 2.24) is 9.88 Å². The standard InChI is InChI=1S/C22H22FN3O3S/c1-13-3-2-4-15-17(27)12-22(29-19(13)15)7-9-26(10-8-22)21(28)25-20-24-16-6-5-14(23)11-18(16)30-20/h2-6,11,17,27H,7-10,12H2,1H3,(H,24,25,28). The van der Waals surface area contributed by atoms with E-state index in [1.165, 1.54) is 23.5 Å². The molecule has 156 valence electrons. The minimum Gasteiger partial charge on any atom is -0.486 e. The van der Waals surface area contributed by atoms with E-state index in [2.05, 4.69) is 10.3 Å². The number of aliphatic hydroxyl groups is 1. The molecule has 2 N–H and O–H groups in total. The molecule has 6 nitrogen and oxygen atoms in total. The van der Waals surface area contributed by atoms with Crippen molar-refractivity contribution in [2.45, 2.75) is 37.9 Å². The fourth-order valence-electron chi connectivity index (χ4n) is 4.34. The summed E-state index contributed by atoms with van der Waals surface area (Å²) >= 11 is 1.25. The van der Waals surface area contributed by atoms with Crippen LogP contribution >= 0.6 is 11.3 Å². The lowest BCUT2D eigenvalue weighted by molar-refractivity contribution is -0.0475. The molecule has 1 aromatic heterocycles. The Morgan fingerprint density at radius 2 is 2.13 bits per heavy atom. The van der Waals surface area contributed by atoms with Crippen LogP contribution < -0.4 is 10.1 Å². The normalized spacial score (nSPS) is 20.1. The lowest BCUT2D eigenvalue weighted by atomic mass is 9.81. The Morgan fingerprint density at radius 3 is 2.93 bits per heavy atom. The van der Waals surface area contributed by atoms with Crippen molar-refractivity contribution in [2.24, 2.45) is 0 Å². The Hall–Kier alpha value is -2.71. The summed E-state index contributed by atoms with van der Waals surface area (Å²) in [6, 6.07) is 9.98. The number of thiazole rings is 1. The topological polar surface area (TPSA) is 74.7 Å². The Morgan fingerprint density at radius 1 is 1.33 bits per heavy atom. The lowest BCUT2D eigenvalue weighted by Crippen LogP contribution is -2.52. The van der Waals surface area contributed by atoms with Crippen LogP contribution in [-0.4, -0.2) is 39.7 Å². The molecular formula is C22H22FN3O3S. The molecule has 2 amide bonds. The molecule has 0 bridgehead atoms. The Balaban J connectivity index is 1.26. The number of nitrogens with zero attached hydrogens (tertiary/aromatic N) is 2. The molecule has 2 aliphatic rings. The second-order valence-corrected chi connectivity index (χ2v) is 9.08. The van der Waals surface area contributed by atoms with Crippen LogP contribution in [0.1, 0.15) is 36.5 Å². The number of rotatable bonds is 1. The van der Waals surface area contributed by atoms with Crippen LogP contribution in [0.25, 0.3) is 10.2 Å². The number of hydrogen-bond donors (Lipinski definition) is 2. The minimum absolute atomic E-state index is 0.225. The molecule has 3 heterocycles. The molecule has 0 aliphatic carbocycles. The number of halogens is 1. The number of hydrogen-bond acceptors (Lipinski definition) is 5. The molecule has 1 spiro atoms. The molecule has 8 heteroatoms. The van der Waals surface area contributed by atoms with Crippen molar-refractivity contribution in [3.05, 3.63) is 53.3 Å². The molecule has 0 radical (unpaired) electrons. The van der Waals surface area contributed by atoms with Gasteiger partial charge in [0.25, 0.3) is 0 Å². The number of aliphatic hydroxyl groups excluding tert-OH is 1. The second-order valence-electron chi connectivity index (χ2n) is 8.05. The molecule has 30 heavy (non-hydrogen) atoms. The van der Waals surface area contributed by atoms with Gasteiger partial charge in [0, 0.05) is 37.9 Å². The smallest absolute Gasteiger partial charge is 0.323 e. The quantitative estimate of drug-likeness (QED) is 0.594. The highest BCUT2D eigenvalue weighted by Crippen LogP contribution is 2.45. The average molecular weight is 428 g/mol. The maximum atomic E-state index is 13.4. The number of fused-ring (bicyclic) bond motifs is 2. The third-order valence-corrected chi connectivity index (χ3v) is 6.95. The molecule has 1 unspecified atom stereocenters. The first kappa shape index (κ1) is 19.3. The van der Waals surface area contributed by atoms with Gasteiger partial charge in [0.1, 0.15) is 17.2 Å². The van der Waals surface area contributed by atoms with Gasteiger partial charge in [-0.2, -0.15) is 0 Å². The summed E-state index contributed by atoms with van der Waals surface area (Å²) < 4.78 is 20.5. The number of nitrogens with one attached hydrogen (secondary N) is 1. The number of para-hydroxylation sites is 1. The molecule has 1 atom stereocenters. The van der Waals surface area contributed by atoms with Crippen LogP contribution in [0.15, 0.2) is 36.4 Å². The van der Waals surface area contributed by atoms with E-state index < -0.39 is 11.7 Å². The summed E-state index contributed by atoms with van der Waals surface area (Å²) in [7, 11) is 0. The third kappa shape index (κ3) is 3.40. The van der Waals surface area contributed by atoms with Crippen LogP contribution in [0.2, 0.25) is 0 Å². The van der Waals surface area contributed by atoms with Crippen LogP contribution in [0.5, 0.6) is 5.75 Å². The van der Waals surface area contributed by atoms with Crippen molar-refractivity contribution in [1.29, 1.82) is 0 Å². The maximum Gasteiger partial charge on any atom is 0.323 e. The summed E-state index contributed by atoms with van der Waals surface area (Å²) in [6.45, 7) is 3.04. The van der Waals surface area contributed by atoms with E-state index >= 15 is 0 Å². The van der Waals surface area contributed by atoms with Crippen LogP contribution in [0, 0.1) is 12.7 Å². The van der Waals surface area contributed by atoms with E-state index in [4.69, 9.17) is 4.74 Å². The maximum absolute atomic E-state index is 13.4. The van der Waals surface area contributed by atoms with Gasteiger partial charge in [-0.05, 0) is 30.7 Å². The van der Waals surface area contributed by atoms with Gasteiger partial charge in [0.2, 0.25) is 0 Å². The van der Waals surface area contributed by atoms with Gasteiger partial charge in [-0.25, -0.2) is 14.2 Å². The molecular weight excluding hydrogens is 405 g/mol. The van der Waals surface area contributed by atoms with E-state index in [0.29, 0.717) is 47.7 Å². The zero-order valence-electron chi connectivity index (χ0n) is 16.5. The number of amides is 2. The molecule has 1 saturated heterocycles. The largest absolute Gasteiger partial charge is 0.486 e. The Labute approximate surface area is 177 Å². The van der Waals surface area contributed by atoms with Crippen molar-refractivity contribution in [3.63, 3.8) is 0 Å². The Bertz CT molecular complexity index is 1120.